The Morgan fingerprint density at radius 1 is 1.67 bits per heavy atom. The topological polar surface area (TPSA) is 89.8 Å². The van der Waals surface area contributed by atoms with Gasteiger partial charge in [-0.1, -0.05) is 0 Å². The van der Waals surface area contributed by atoms with E-state index in [-0.39, 0.29) is 12.0 Å². The van der Waals surface area contributed by atoms with Gasteiger partial charge in [0.1, 0.15) is 5.82 Å². The van der Waals surface area contributed by atoms with Gasteiger partial charge in [0.2, 0.25) is 5.95 Å². The minimum atomic E-state index is 0.0983. The number of hydrogen-bond acceptors (Lipinski definition) is 5. The highest BCUT2D eigenvalue weighted by Gasteiger charge is 1.96. The zero-order chi connectivity index (χ0) is 8.97. The zero-order valence-corrected chi connectivity index (χ0v) is 6.99. The van der Waals surface area contributed by atoms with Crippen molar-refractivity contribution in [2.45, 2.75) is 13.0 Å². The van der Waals surface area contributed by atoms with Crippen molar-refractivity contribution in [2.75, 3.05) is 17.6 Å². The van der Waals surface area contributed by atoms with Gasteiger partial charge >= 0.3 is 0 Å². The van der Waals surface area contributed by atoms with Gasteiger partial charge < -0.3 is 16.8 Å². The van der Waals surface area contributed by atoms with Gasteiger partial charge in [-0.15, -0.1) is 0 Å². The minimum absolute atomic E-state index is 0.0983. The molecule has 0 spiro atoms. The smallest absolute Gasteiger partial charge is 0.221 e. The fraction of sp³-hybridized carbons (Fsp3) is 0.429. The lowest BCUT2D eigenvalue weighted by atomic mass is 10.3. The van der Waals surface area contributed by atoms with Crippen LogP contribution in [0.25, 0.3) is 0 Å². The fourth-order valence-corrected chi connectivity index (χ4v) is 0.738. The maximum atomic E-state index is 5.54. The molecule has 0 unspecified atom stereocenters. The standard InChI is InChI=1S/C7H13N5/c1-5(8)4-11-6-2-3-10-7(9)12-6/h2-3,5H,4,8H2,1H3,(H3,9,10,11,12)/t5-/m0/s1. The van der Waals surface area contributed by atoms with Crippen molar-refractivity contribution in [3.8, 4) is 0 Å². The van der Waals surface area contributed by atoms with Crippen LogP contribution in [0, 0.1) is 0 Å². The van der Waals surface area contributed by atoms with Crippen molar-refractivity contribution in [3.05, 3.63) is 12.3 Å². The summed E-state index contributed by atoms with van der Waals surface area (Å²) in [6.45, 7) is 2.59. The van der Waals surface area contributed by atoms with Crippen LogP contribution in [0.4, 0.5) is 11.8 Å². The SMILES string of the molecule is C[C@H](N)CNc1ccnc(N)n1. The van der Waals surface area contributed by atoms with E-state index in [1.165, 1.54) is 0 Å². The van der Waals surface area contributed by atoms with Gasteiger partial charge in [0.25, 0.3) is 0 Å². The lowest BCUT2D eigenvalue weighted by Gasteiger charge is -2.07. The van der Waals surface area contributed by atoms with Gasteiger partial charge in [-0.25, -0.2) is 4.98 Å². The van der Waals surface area contributed by atoms with Gasteiger partial charge in [-0.3, -0.25) is 0 Å². The van der Waals surface area contributed by atoms with Crippen LogP contribution in [0.3, 0.4) is 0 Å². The summed E-state index contributed by atoms with van der Waals surface area (Å²) in [6.07, 6.45) is 1.60. The van der Waals surface area contributed by atoms with Gasteiger partial charge in [0.15, 0.2) is 0 Å². The number of anilines is 2. The molecule has 5 N–H and O–H groups in total. The number of hydrogen-bond donors (Lipinski definition) is 3. The fourth-order valence-electron chi connectivity index (χ4n) is 0.738. The van der Waals surface area contributed by atoms with Crippen LogP contribution >= 0.6 is 0 Å². The number of nitrogens with zero attached hydrogens (tertiary/aromatic N) is 2. The van der Waals surface area contributed by atoms with E-state index in [2.05, 4.69) is 15.3 Å². The van der Waals surface area contributed by atoms with Crippen LogP contribution in [0.1, 0.15) is 6.92 Å². The average molecular weight is 167 g/mol. The second-order valence-corrected chi connectivity index (χ2v) is 2.66. The first kappa shape index (κ1) is 8.73. The summed E-state index contributed by atoms with van der Waals surface area (Å²) < 4.78 is 0. The van der Waals surface area contributed by atoms with Crippen LogP contribution < -0.4 is 16.8 Å². The summed E-state index contributed by atoms with van der Waals surface area (Å²) in [6, 6.07) is 1.85. The van der Waals surface area contributed by atoms with Gasteiger partial charge in [-0.2, -0.15) is 4.98 Å². The number of rotatable bonds is 3. The molecule has 0 saturated carbocycles. The third kappa shape index (κ3) is 2.71. The molecule has 0 aliphatic heterocycles. The first-order valence-electron chi connectivity index (χ1n) is 3.76. The molecule has 0 saturated heterocycles. The largest absolute Gasteiger partial charge is 0.368 e. The highest BCUT2D eigenvalue weighted by Crippen LogP contribution is 2.01. The van der Waals surface area contributed by atoms with Crippen molar-refractivity contribution >= 4 is 11.8 Å². The molecule has 66 valence electrons. The third-order valence-corrected chi connectivity index (χ3v) is 1.28. The van der Waals surface area contributed by atoms with Crippen molar-refractivity contribution in [3.63, 3.8) is 0 Å². The maximum Gasteiger partial charge on any atom is 0.221 e. The first-order valence-corrected chi connectivity index (χ1v) is 3.76. The second kappa shape index (κ2) is 3.87. The molecule has 1 atom stereocenters. The maximum absolute atomic E-state index is 5.54. The van der Waals surface area contributed by atoms with E-state index in [1.54, 1.807) is 12.3 Å². The van der Waals surface area contributed by atoms with Crippen LogP contribution in [-0.4, -0.2) is 22.6 Å². The highest BCUT2D eigenvalue weighted by molar-refractivity contribution is 5.37. The quantitative estimate of drug-likeness (QED) is 0.581. The molecule has 5 nitrogen and oxygen atoms in total. The predicted octanol–water partition coefficient (Wildman–Crippen LogP) is -0.182. The monoisotopic (exact) mass is 167 g/mol. The zero-order valence-electron chi connectivity index (χ0n) is 6.99. The number of aromatic nitrogens is 2. The molecule has 0 radical (unpaired) electrons. The molecule has 1 rings (SSSR count). The Kier molecular flexibility index (Phi) is 2.82. The summed E-state index contributed by atoms with van der Waals surface area (Å²) in [4.78, 5) is 7.71. The predicted molar refractivity (Wildman–Crippen MR) is 48.6 cm³/mol. The van der Waals surface area contributed by atoms with Crippen LogP contribution in [0.5, 0.6) is 0 Å². The molecule has 0 aliphatic rings. The van der Waals surface area contributed by atoms with Crippen molar-refractivity contribution in [1.82, 2.24) is 9.97 Å². The van der Waals surface area contributed by atoms with E-state index in [0.717, 1.165) is 0 Å². The van der Waals surface area contributed by atoms with E-state index in [4.69, 9.17) is 11.5 Å². The molecule has 1 aromatic rings. The Morgan fingerprint density at radius 3 is 3.00 bits per heavy atom. The Bertz CT molecular complexity index is 247. The number of nitrogens with one attached hydrogen (secondary N) is 1. The molecule has 0 amide bonds. The van der Waals surface area contributed by atoms with E-state index >= 15 is 0 Å². The molecule has 0 fully saturated rings. The lowest BCUT2D eigenvalue weighted by molar-refractivity contribution is 0.777. The van der Waals surface area contributed by atoms with E-state index in [1.807, 2.05) is 6.92 Å². The van der Waals surface area contributed by atoms with Crippen molar-refractivity contribution in [1.29, 1.82) is 0 Å². The summed E-state index contributed by atoms with van der Waals surface area (Å²) >= 11 is 0. The molecule has 0 bridgehead atoms. The van der Waals surface area contributed by atoms with Crippen molar-refractivity contribution < 1.29 is 0 Å². The summed E-state index contributed by atoms with van der Waals surface area (Å²) in [5.74, 6) is 0.976. The second-order valence-electron chi connectivity index (χ2n) is 2.66. The Morgan fingerprint density at radius 2 is 2.42 bits per heavy atom. The molecular weight excluding hydrogens is 154 g/mol. The molecule has 1 heterocycles. The Balaban J connectivity index is 2.52. The Hall–Kier alpha value is -1.36. The van der Waals surface area contributed by atoms with Gasteiger partial charge in [0, 0.05) is 18.8 Å². The molecular formula is C7H13N5. The van der Waals surface area contributed by atoms with E-state index in [9.17, 15) is 0 Å². The highest BCUT2D eigenvalue weighted by atomic mass is 15.1. The van der Waals surface area contributed by atoms with Crippen LogP contribution in [0.15, 0.2) is 12.3 Å². The minimum Gasteiger partial charge on any atom is -0.368 e. The third-order valence-electron chi connectivity index (χ3n) is 1.28. The summed E-state index contributed by atoms with van der Waals surface area (Å²) in [5, 5.41) is 3.03. The van der Waals surface area contributed by atoms with Crippen LogP contribution in [0.2, 0.25) is 0 Å². The van der Waals surface area contributed by atoms with Gasteiger partial charge in [-0.05, 0) is 13.0 Å². The average Bonchev–Trinajstić information content (AvgIpc) is 2.01. The lowest BCUT2D eigenvalue weighted by Crippen LogP contribution is -2.25. The van der Waals surface area contributed by atoms with Gasteiger partial charge in [0.05, 0.1) is 0 Å². The first-order chi connectivity index (χ1) is 5.68. The van der Waals surface area contributed by atoms with E-state index < -0.39 is 0 Å². The van der Waals surface area contributed by atoms with E-state index in [0.29, 0.717) is 12.4 Å². The summed E-state index contributed by atoms with van der Waals surface area (Å²) in [7, 11) is 0. The number of nitrogen functional groups attached to an aromatic ring is 1. The van der Waals surface area contributed by atoms with Crippen LogP contribution in [-0.2, 0) is 0 Å². The normalized spacial score (nSPS) is 12.5. The van der Waals surface area contributed by atoms with Crippen molar-refractivity contribution in [2.24, 2.45) is 5.73 Å². The summed E-state index contributed by atoms with van der Waals surface area (Å²) in [5.41, 5.74) is 10.9. The molecule has 5 heteroatoms. The number of nitrogens with two attached hydrogens (primary N) is 2. The molecule has 1 aromatic heterocycles. The molecule has 0 aliphatic carbocycles. The molecule has 12 heavy (non-hydrogen) atoms. The molecule has 0 aromatic carbocycles. The Labute approximate surface area is 71.2 Å².